The molecule has 0 aromatic carbocycles. The van der Waals surface area contributed by atoms with Crippen molar-refractivity contribution in [2.75, 3.05) is 6.54 Å². The first-order valence-electron chi connectivity index (χ1n) is 5.54. The van der Waals surface area contributed by atoms with E-state index >= 15 is 0 Å². The van der Waals surface area contributed by atoms with Crippen LogP contribution in [0.25, 0.3) is 0 Å². The van der Waals surface area contributed by atoms with Crippen molar-refractivity contribution in [3.8, 4) is 0 Å². The molecule has 1 aromatic heterocycles. The third kappa shape index (κ3) is 2.07. The van der Waals surface area contributed by atoms with E-state index in [1.807, 2.05) is 6.07 Å². The van der Waals surface area contributed by atoms with Gasteiger partial charge in [0.05, 0.1) is 5.69 Å². The molecule has 1 aliphatic heterocycles. The summed E-state index contributed by atoms with van der Waals surface area (Å²) in [5, 5.41) is 8.89. The number of aromatic carboxylic acids is 1. The fraction of sp³-hybridized carbons (Fsp3) is 0.500. The second-order valence-electron chi connectivity index (χ2n) is 4.42. The first-order valence-corrected chi connectivity index (χ1v) is 5.54. The van der Waals surface area contributed by atoms with Crippen LogP contribution in [-0.4, -0.2) is 33.5 Å². The highest BCUT2D eigenvalue weighted by atomic mass is 16.4. The molecule has 0 radical (unpaired) electrons. The van der Waals surface area contributed by atoms with Crippen LogP contribution in [0.15, 0.2) is 12.1 Å². The molecule has 4 nitrogen and oxygen atoms in total. The van der Waals surface area contributed by atoms with E-state index in [4.69, 9.17) is 5.11 Å². The first-order chi connectivity index (χ1) is 7.58. The number of pyridine rings is 1. The largest absolute Gasteiger partial charge is 0.477 e. The van der Waals surface area contributed by atoms with Crippen molar-refractivity contribution in [1.29, 1.82) is 0 Å². The predicted molar refractivity (Wildman–Crippen MR) is 60.4 cm³/mol. The number of fused-ring (bicyclic) bond motifs is 1. The van der Waals surface area contributed by atoms with Crippen LogP contribution in [0, 0.1) is 0 Å². The zero-order chi connectivity index (χ0) is 11.7. The van der Waals surface area contributed by atoms with Crippen molar-refractivity contribution in [2.45, 2.75) is 32.9 Å². The van der Waals surface area contributed by atoms with Gasteiger partial charge >= 0.3 is 5.97 Å². The normalized spacial score (nSPS) is 16.2. The van der Waals surface area contributed by atoms with Crippen molar-refractivity contribution in [1.82, 2.24) is 9.88 Å². The Bertz CT molecular complexity index is 415. The molecule has 0 saturated heterocycles. The standard InChI is InChI=1S/C12H16N2O2/c1-8(2)14-6-5-9-3-4-10(12(15)16)13-11(9)7-14/h3-4,8H,5-7H2,1-2H3,(H,15,16). The van der Waals surface area contributed by atoms with Crippen LogP contribution in [0.4, 0.5) is 0 Å². The highest BCUT2D eigenvalue weighted by Gasteiger charge is 2.20. The van der Waals surface area contributed by atoms with Crippen LogP contribution in [0.2, 0.25) is 0 Å². The van der Waals surface area contributed by atoms with Gasteiger partial charge in [-0.1, -0.05) is 6.07 Å². The molecule has 1 aliphatic rings. The number of rotatable bonds is 2. The van der Waals surface area contributed by atoms with Crippen LogP contribution in [0.3, 0.4) is 0 Å². The van der Waals surface area contributed by atoms with E-state index in [1.54, 1.807) is 6.07 Å². The molecule has 0 bridgehead atoms. The van der Waals surface area contributed by atoms with Crippen molar-refractivity contribution >= 4 is 5.97 Å². The van der Waals surface area contributed by atoms with Crippen LogP contribution < -0.4 is 0 Å². The Labute approximate surface area is 94.9 Å². The van der Waals surface area contributed by atoms with E-state index in [1.165, 1.54) is 5.56 Å². The molecule has 86 valence electrons. The monoisotopic (exact) mass is 220 g/mol. The maximum absolute atomic E-state index is 10.8. The summed E-state index contributed by atoms with van der Waals surface area (Å²) in [6.07, 6.45) is 0.959. The summed E-state index contributed by atoms with van der Waals surface area (Å²) in [7, 11) is 0. The van der Waals surface area contributed by atoms with Gasteiger partial charge in [-0.25, -0.2) is 9.78 Å². The van der Waals surface area contributed by atoms with E-state index in [2.05, 4.69) is 23.7 Å². The Balaban J connectivity index is 2.28. The topological polar surface area (TPSA) is 53.4 Å². The van der Waals surface area contributed by atoms with Crippen LogP contribution >= 0.6 is 0 Å². The molecule has 0 atom stereocenters. The molecule has 0 saturated carbocycles. The number of nitrogens with zero attached hydrogens (tertiary/aromatic N) is 2. The van der Waals surface area contributed by atoms with Gasteiger partial charge in [0.15, 0.2) is 0 Å². The van der Waals surface area contributed by atoms with Gasteiger partial charge in [0.25, 0.3) is 0 Å². The van der Waals surface area contributed by atoms with Crippen molar-refractivity contribution < 1.29 is 9.90 Å². The molecule has 4 heteroatoms. The van der Waals surface area contributed by atoms with Crippen LogP contribution in [0.1, 0.15) is 35.6 Å². The fourth-order valence-electron chi connectivity index (χ4n) is 1.99. The van der Waals surface area contributed by atoms with Gasteiger partial charge in [0, 0.05) is 19.1 Å². The first kappa shape index (κ1) is 11.1. The minimum absolute atomic E-state index is 0.143. The van der Waals surface area contributed by atoms with Crippen LogP contribution in [-0.2, 0) is 13.0 Å². The number of hydrogen-bond acceptors (Lipinski definition) is 3. The number of carboxylic acids is 1. The van der Waals surface area contributed by atoms with E-state index in [9.17, 15) is 4.79 Å². The Hall–Kier alpha value is -1.42. The van der Waals surface area contributed by atoms with Gasteiger partial charge in [-0.3, -0.25) is 4.90 Å². The van der Waals surface area contributed by atoms with E-state index < -0.39 is 5.97 Å². The van der Waals surface area contributed by atoms with Crippen molar-refractivity contribution in [3.63, 3.8) is 0 Å². The second kappa shape index (κ2) is 4.22. The summed E-state index contributed by atoms with van der Waals surface area (Å²) >= 11 is 0. The maximum Gasteiger partial charge on any atom is 0.354 e. The lowest BCUT2D eigenvalue weighted by Gasteiger charge is -2.31. The third-order valence-electron chi connectivity index (χ3n) is 3.04. The molecule has 16 heavy (non-hydrogen) atoms. The molecule has 1 N–H and O–H groups in total. The Morgan fingerprint density at radius 1 is 1.50 bits per heavy atom. The molecular weight excluding hydrogens is 204 g/mol. The highest BCUT2D eigenvalue weighted by molar-refractivity contribution is 5.85. The number of carbonyl (C=O) groups is 1. The van der Waals surface area contributed by atoms with Gasteiger partial charge in [-0.2, -0.15) is 0 Å². The van der Waals surface area contributed by atoms with Crippen LogP contribution in [0.5, 0.6) is 0 Å². The maximum atomic E-state index is 10.8. The fourth-order valence-corrected chi connectivity index (χ4v) is 1.99. The van der Waals surface area contributed by atoms with E-state index in [0.29, 0.717) is 6.04 Å². The lowest BCUT2D eigenvalue weighted by molar-refractivity contribution is 0.0689. The number of hydrogen-bond donors (Lipinski definition) is 1. The lowest BCUT2D eigenvalue weighted by Crippen LogP contribution is -2.36. The lowest BCUT2D eigenvalue weighted by atomic mass is 10.0. The number of carboxylic acid groups (broad SMARTS) is 1. The van der Waals surface area contributed by atoms with Gasteiger partial charge in [0.2, 0.25) is 0 Å². The summed E-state index contributed by atoms with van der Waals surface area (Å²) < 4.78 is 0. The number of aromatic nitrogens is 1. The second-order valence-corrected chi connectivity index (χ2v) is 4.42. The Morgan fingerprint density at radius 2 is 2.25 bits per heavy atom. The highest BCUT2D eigenvalue weighted by Crippen LogP contribution is 2.19. The third-order valence-corrected chi connectivity index (χ3v) is 3.04. The smallest absolute Gasteiger partial charge is 0.354 e. The predicted octanol–water partition coefficient (Wildman–Crippen LogP) is 1.55. The van der Waals surface area contributed by atoms with E-state index in [0.717, 1.165) is 25.2 Å². The molecule has 2 rings (SSSR count). The molecule has 0 unspecified atom stereocenters. The summed E-state index contributed by atoms with van der Waals surface area (Å²) in [5.41, 5.74) is 2.24. The summed E-state index contributed by atoms with van der Waals surface area (Å²) in [5.74, 6) is -0.954. The molecule has 1 aromatic rings. The van der Waals surface area contributed by atoms with Gasteiger partial charge < -0.3 is 5.11 Å². The zero-order valence-electron chi connectivity index (χ0n) is 9.60. The zero-order valence-corrected chi connectivity index (χ0v) is 9.60. The Morgan fingerprint density at radius 3 is 2.88 bits per heavy atom. The molecule has 0 aliphatic carbocycles. The van der Waals surface area contributed by atoms with Gasteiger partial charge in [-0.05, 0) is 31.9 Å². The minimum atomic E-state index is -0.954. The molecule has 0 fully saturated rings. The summed E-state index contributed by atoms with van der Waals surface area (Å²) in [6, 6.07) is 3.96. The average molecular weight is 220 g/mol. The quantitative estimate of drug-likeness (QED) is 0.821. The summed E-state index contributed by atoms with van der Waals surface area (Å²) in [6.45, 7) is 6.07. The van der Waals surface area contributed by atoms with Gasteiger partial charge in [0.1, 0.15) is 5.69 Å². The van der Waals surface area contributed by atoms with E-state index in [-0.39, 0.29) is 5.69 Å². The summed E-state index contributed by atoms with van der Waals surface area (Å²) in [4.78, 5) is 17.3. The van der Waals surface area contributed by atoms with Gasteiger partial charge in [-0.15, -0.1) is 0 Å². The SMILES string of the molecule is CC(C)N1CCc2ccc(C(=O)O)nc2C1. The van der Waals surface area contributed by atoms with Crippen molar-refractivity contribution in [2.24, 2.45) is 0 Å². The molecule has 0 amide bonds. The molecule has 0 spiro atoms. The minimum Gasteiger partial charge on any atom is -0.477 e. The van der Waals surface area contributed by atoms with Crippen molar-refractivity contribution in [3.05, 3.63) is 29.1 Å². The Kier molecular flexibility index (Phi) is 2.92. The molecular formula is C12H16N2O2. The average Bonchev–Trinajstić information content (AvgIpc) is 2.27. The molecule has 2 heterocycles.